The third-order valence-corrected chi connectivity index (χ3v) is 6.35. The Bertz CT molecular complexity index is 1090. The Morgan fingerprint density at radius 2 is 1.77 bits per heavy atom. The first-order chi connectivity index (χ1) is 15.0. The van der Waals surface area contributed by atoms with Gasteiger partial charge in [-0.3, -0.25) is 9.59 Å². The highest BCUT2D eigenvalue weighted by Gasteiger charge is 2.32. The molecule has 158 valence electrons. The fourth-order valence-electron chi connectivity index (χ4n) is 3.45. The zero-order valence-electron chi connectivity index (χ0n) is 16.6. The third kappa shape index (κ3) is 4.94. The summed E-state index contributed by atoms with van der Waals surface area (Å²) >= 11 is 1.56. The smallest absolute Gasteiger partial charge is 0.255 e. The molecule has 0 bridgehead atoms. The number of carbonyl (C=O) groups excluding carboxylic acids is 2. The fraction of sp³-hybridized carbons (Fsp3) is 0.167. The highest BCUT2D eigenvalue weighted by molar-refractivity contribution is 8.00. The molecule has 1 unspecified atom stereocenters. The minimum Gasteiger partial charge on any atom is -0.326 e. The Hall–Kier alpha value is -3.19. The number of hydrogen-bond donors (Lipinski definition) is 1. The van der Waals surface area contributed by atoms with Gasteiger partial charge in [0, 0.05) is 18.2 Å². The minimum absolute atomic E-state index is 0.0838. The van der Waals surface area contributed by atoms with E-state index in [0.717, 1.165) is 24.1 Å². The SMILES string of the molecule is O=C(Nc1ccc(F)cc1F)c1ccc(C2SCC(=O)N2CCc2ccccc2)cc1. The van der Waals surface area contributed by atoms with Crippen LogP contribution in [0.3, 0.4) is 0 Å². The number of nitrogens with one attached hydrogen (secondary N) is 1. The second-order valence-electron chi connectivity index (χ2n) is 7.19. The molecule has 3 aromatic rings. The van der Waals surface area contributed by atoms with Gasteiger partial charge in [0.25, 0.3) is 5.91 Å². The Morgan fingerprint density at radius 1 is 1.03 bits per heavy atom. The molecule has 31 heavy (non-hydrogen) atoms. The lowest BCUT2D eigenvalue weighted by Crippen LogP contribution is -2.30. The Kier molecular flexibility index (Phi) is 6.32. The molecule has 1 atom stereocenters. The predicted octanol–water partition coefficient (Wildman–Crippen LogP) is 5.03. The maximum absolute atomic E-state index is 13.8. The first-order valence-electron chi connectivity index (χ1n) is 9.82. The molecule has 1 heterocycles. The van der Waals surface area contributed by atoms with Gasteiger partial charge in [-0.05, 0) is 41.8 Å². The molecule has 1 N–H and O–H groups in total. The summed E-state index contributed by atoms with van der Waals surface area (Å²) in [5, 5.41) is 2.34. The number of hydrogen-bond acceptors (Lipinski definition) is 3. The summed E-state index contributed by atoms with van der Waals surface area (Å²) < 4.78 is 26.8. The van der Waals surface area contributed by atoms with E-state index in [0.29, 0.717) is 17.9 Å². The average Bonchev–Trinajstić information content (AvgIpc) is 3.15. The van der Waals surface area contributed by atoms with Gasteiger partial charge in [0.1, 0.15) is 17.0 Å². The number of nitrogens with zero attached hydrogens (tertiary/aromatic N) is 1. The molecule has 0 saturated carbocycles. The van der Waals surface area contributed by atoms with E-state index in [2.05, 4.69) is 5.32 Å². The van der Waals surface area contributed by atoms with Crippen LogP contribution in [0.15, 0.2) is 72.8 Å². The van der Waals surface area contributed by atoms with Gasteiger partial charge in [0.05, 0.1) is 11.4 Å². The van der Waals surface area contributed by atoms with Crippen molar-refractivity contribution < 1.29 is 18.4 Å². The molecule has 1 aliphatic heterocycles. The molecule has 3 aromatic carbocycles. The number of rotatable bonds is 6. The molecule has 0 spiro atoms. The van der Waals surface area contributed by atoms with Gasteiger partial charge in [0.15, 0.2) is 0 Å². The van der Waals surface area contributed by atoms with Crippen molar-refractivity contribution in [1.29, 1.82) is 0 Å². The van der Waals surface area contributed by atoms with E-state index >= 15 is 0 Å². The minimum atomic E-state index is -0.833. The lowest BCUT2D eigenvalue weighted by molar-refractivity contribution is -0.128. The van der Waals surface area contributed by atoms with Crippen LogP contribution in [0.1, 0.15) is 26.9 Å². The average molecular weight is 438 g/mol. The van der Waals surface area contributed by atoms with Crippen molar-refractivity contribution in [3.63, 3.8) is 0 Å². The van der Waals surface area contributed by atoms with Crippen molar-refractivity contribution in [2.24, 2.45) is 0 Å². The number of amides is 2. The van der Waals surface area contributed by atoms with E-state index in [1.807, 2.05) is 47.4 Å². The summed E-state index contributed by atoms with van der Waals surface area (Å²) in [5.74, 6) is -1.52. The van der Waals surface area contributed by atoms with Gasteiger partial charge in [-0.15, -0.1) is 11.8 Å². The van der Waals surface area contributed by atoms with Crippen LogP contribution in [0.5, 0.6) is 0 Å². The van der Waals surface area contributed by atoms with Crippen molar-refractivity contribution >= 4 is 29.3 Å². The van der Waals surface area contributed by atoms with Crippen LogP contribution in [0.4, 0.5) is 14.5 Å². The van der Waals surface area contributed by atoms with Crippen molar-refractivity contribution in [1.82, 2.24) is 4.90 Å². The summed E-state index contributed by atoms with van der Waals surface area (Å²) in [7, 11) is 0. The van der Waals surface area contributed by atoms with E-state index in [-0.39, 0.29) is 17.0 Å². The van der Waals surface area contributed by atoms with E-state index < -0.39 is 17.5 Å². The maximum Gasteiger partial charge on any atom is 0.255 e. The second kappa shape index (κ2) is 9.31. The van der Waals surface area contributed by atoms with Crippen LogP contribution < -0.4 is 5.32 Å². The van der Waals surface area contributed by atoms with E-state index in [1.165, 1.54) is 11.6 Å². The van der Waals surface area contributed by atoms with Crippen molar-refractivity contribution in [3.05, 3.63) is 101 Å². The molecule has 1 fully saturated rings. The molecule has 2 amide bonds. The van der Waals surface area contributed by atoms with E-state index in [1.54, 1.807) is 23.9 Å². The molecule has 0 aliphatic carbocycles. The summed E-state index contributed by atoms with van der Waals surface area (Å²) in [6.45, 7) is 0.618. The monoisotopic (exact) mass is 438 g/mol. The van der Waals surface area contributed by atoms with E-state index in [4.69, 9.17) is 0 Å². The summed E-state index contributed by atoms with van der Waals surface area (Å²) in [6.07, 6.45) is 0.771. The number of benzene rings is 3. The Morgan fingerprint density at radius 3 is 2.48 bits per heavy atom. The zero-order valence-corrected chi connectivity index (χ0v) is 17.4. The fourth-order valence-corrected chi connectivity index (χ4v) is 4.67. The highest BCUT2D eigenvalue weighted by Crippen LogP contribution is 2.38. The molecule has 7 heteroatoms. The topological polar surface area (TPSA) is 49.4 Å². The van der Waals surface area contributed by atoms with Crippen molar-refractivity contribution in [2.45, 2.75) is 11.8 Å². The Labute approximate surface area is 183 Å². The molecule has 1 saturated heterocycles. The molecular weight excluding hydrogens is 418 g/mol. The van der Waals surface area contributed by atoms with Crippen LogP contribution in [0.2, 0.25) is 0 Å². The lowest BCUT2D eigenvalue weighted by Gasteiger charge is -2.24. The number of carbonyl (C=O) groups is 2. The van der Waals surface area contributed by atoms with Gasteiger partial charge < -0.3 is 10.2 Å². The maximum atomic E-state index is 13.8. The van der Waals surface area contributed by atoms with E-state index in [9.17, 15) is 18.4 Å². The van der Waals surface area contributed by atoms with Crippen LogP contribution in [0.25, 0.3) is 0 Å². The molecule has 4 nitrogen and oxygen atoms in total. The second-order valence-corrected chi connectivity index (χ2v) is 8.25. The highest BCUT2D eigenvalue weighted by atomic mass is 32.2. The number of anilines is 1. The summed E-state index contributed by atoms with van der Waals surface area (Å²) in [6, 6.07) is 19.9. The Balaban J connectivity index is 1.43. The van der Waals surface area contributed by atoms with Gasteiger partial charge >= 0.3 is 0 Å². The summed E-state index contributed by atoms with van der Waals surface area (Å²) in [4.78, 5) is 26.7. The predicted molar refractivity (Wildman–Crippen MR) is 118 cm³/mol. The van der Waals surface area contributed by atoms with Crippen LogP contribution >= 0.6 is 11.8 Å². The van der Waals surface area contributed by atoms with Crippen molar-refractivity contribution in [2.75, 3.05) is 17.6 Å². The van der Waals surface area contributed by atoms with Crippen LogP contribution in [-0.4, -0.2) is 29.0 Å². The molecule has 1 aliphatic rings. The van der Waals surface area contributed by atoms with Gasteiger partial charge in [-0.2, -0.15) is 0 Å². The quantitative estimate of drug-likeness (QED) is 0.587. The normalized spacial score (nSPS) is 15.9. The molecule has 0 radical (unpaired) electrons. The first kappa shape index (κ1) is 21.1. The largest absolute Gasteiger partial charge is 0.326 e. The molecular formula is C24H20F2N2O2S. The first-order valence-corrected chi connectivity index (χ1v) is 10.9. The number of halogens is 2. The van der Waals surface area contributed by atoms with Crippen LogP contribution in [0, 0.1) is 11.6 Å². The standard InChI is InChI=1S/C24H20F2N2O2S/c25-19-10-11-21(20(26)14-19)27-23(30)17-6-8-18(9-7-17)24-28(22(29)15-31-24)13-12-16-4-2-1-3-5-16/h1-11,14,24H,12-13,15H2,(H,27,30). The van der Waals surface area contributed by atoms with Crippen molar-refractivity contribution in [3.8, 4) is 0 Å². The lowest BCUT2D eigenvalue weighted by atomic mass is 10.1. The van der Waals surface area contributed by atoms with Gasteiger partial charge in [-0.1, -0.05) is 42.5 Å². The molecule has 4 rings (SSSR count). The molecule has 0 aromatic heterocycles. The third-order valence-electron chi connectivity index (χ3n) is 5.09. The van der Waals surface area contributed by atoms with Gasteiger partial charge in [-0.25, -0.2) is 8.78 Å². The zero-order chi connectivity index (χ0) is 21.8. The number of thioether (sulfide) groups is 1. The van der Waals surface area contributed by atoms with Crippen LogP contribution in [-0.2, 0) is 11.2 Å². The summed E-state index contributed by atoms with van der Waals surface area (Å²) in [5.41, 5.74) is 2.36. The van der Waals surface area contributed by atoms with Gasteiger partial charge in [0.2, 0.25) is 5.91 Å².